The normalized spacial score (nSPS) is 14.4. The molecular weight excluding hydrogens is 326 g/mol. The van der Waals surface area contributed by atoms with Gasteiger partial charge < -0.3 is 9.29 Å². The molecule has 0 N–H and O–H groups in total. The van der Waals surface area contributed by atoms with E-state index < -0.39 is 11.4 Å². The molecule has 1 unspecified atom stereocenters. The summed E-state index contributed by atoms with van der Waals surface area (Å²) in [6.07, 6.45) is 0.703. The summed E-state index contributed by atoms with van der Waals surface area (Å²) in [5.74, 6) is 0.745. The van der Waals surface area contributed by atoms with Crippen molar-refractivity contribution in [1.29, 1.82) is 0 Å². The van der Waals surface area contributed by atoms with Crippen LogP contribution in [0.2, 0.25) is 0 Å². The molecule has 0 aliphatic heterocycles. The molecule has 0 saturated carbocycles. The molecule has 0 radical (unpaired) electrons. The summed E-state index contributed by atoms with van der Waals surface area (Å²) in [5.41, 5.74) is 1.68. The zero-order valence-corrected chi connectivity index (χ0v) is 14.4. The van der Waals surface area contributed by atoms with Gasteiger partial charge >= 0.3 is 0 Å². The van der Waals surface area contributed by atoms with E-state index in [2.05, 4.69) is 20.3 Å². The third kappa shape index (κ3) is 4.51. The number of benzene rings is 1. The van der Waals surface area contributed by atoms with Gasteiger partial charge in [-0.3, -0.25) is 0 Å². The molecule has 0 fully saturated rings. The zero-order chi connectivity index (χ0) is 14.6. The molecule has 106 valence electrons. The Morgan fingerprint density at radius 1 is 1.42 bits per heavy atom. The third-order valence-electron chi connectivity index (χ3n) is 2.52. The van der Waals surface area contributed by atoms with Gasteiger partial charge in [0.2, 0.25) is 0 Å². The van der Waals surface area contributed by atoms with Crippen molar-refractivity contribution in [3.05, 3.63) is 28.2 Å². The molecule has 1 aromatic carbocycles. The first kappa shape index (κ1) is 16.5. The standard InChI is InChI=1S/C14H20BrNO2S/c1-6-12(16-19(17)14(2,3)4)11-9-10(15)7-8-13(11)18-5/h7-9H,6H2,1-5H3. The average molecular weight is 346 g/mol. The van der Waals surface area contributed by atoms with E-state index in [0.717, 1.165) is 21.5 Å². The van der Waals surface area contributed by atoms with Gasteiger partial charge in [-0.25, -0.2) is 0 Å². The molecule has 19 heavy (non-hydrogen) atoms. The first-order valence-corrected chi connectivity index (χ1v) is 8.03. The Labute approximate surface area is 126 Å². The highest BCUT2D eigenvalue weighted by Crippen LogP contribution is 2.26. The minimum atomic E-state index is -1.27. The lowest BCUT2D eigenvalue weighted by molar-refractivity contribution is 0.414. The molecular formula is C14H20BrNO2S. The summed E-state index contributed by atoms with van der Waals surface area (Å²) < 4.78 is 22.5. The number of nitrogens with zero attached hydrogens (tertiary/aromatic N) is 1. The summed E-state index contributed by atoms with van der Waals surface area (Å²) in [7, 11) is 1.63. The Hall–Kier alpha value is -0.520. The van der Waals surface area contributed by atoms with Gasteiger partial charge in [-0.2, -0.15) is 0 Å². The van der Waals surface area contributed by atoms with Crippen LogP contribution < -0.4 is 4.74 Å². The van der Waals surface area contributed by atoms with Gasteiger partial charge in [-0.1, -0.05) is 27.3 Å². The maximum atomic E-state index is 12.2. The summed E-state index contributed by atoms with van der Waals surface area (Å²) >= 11 is 2.17. The minimum absolute atomic E-state index is 0.361. The van der Waals surface area contributed by atoms with E-state index in [1.54, 1.807) is 7.11 Å². The quantitative estimate of drug-likeness (QED) is 0.608. The van der Waals surface area contributed by atoms with Crippen LogP contribution in [0.3, 0.4) is 0 Å². The van der Waals surface area contributed by atoms with Crippen molar-refractivity contribution < 1.29 is 9.29 Å². The highest BCUT2D eigenvalue weighted by Gasteiger charge is 2.27. The average Bonchev–Trinajstić information content (AvgIpc) is 2.34. The van der Waals surface area contributed by atoms with Gasteiger partial charge in [-0.05, 0) is 45.4 Å². The summed E-state index contributed by atoms with van der Waals surface area (Å²) in [6.45, 7) is 7.74. The number of ether oxygens (including phenoxy) is 1. The Bertz CT molecular complexity index is 469. The molecule has 0 bridgehead atoms. The van der Waals surface area contributed by atoms with E-state index in [1.165, 1.54) is 0 Å². The van der Waals surface area contributed by atoms with Crippen LogP contribution in [0.15, 0.2) is 27.1 Å². The molecule has 3 nitrogen and oxygen atoms in total. The number of hydrogen-bond acceptors (Lipinski definition) is 3. The fourth-order valence-corrected chi connectivity index (χ4v) is 2.51. The molecule has 1 rings (SSSR count). The van der Waals surface area contributed by atoms with Crippen LogP contribution in [-0.4, -0.2) is 22.1 Å². The second-order valence-electron chi connectivity index (χ2n) is 5.10. The van der Waals surface area contributed by atoms with Gasteiger partial charge in [0.05, 0.1) is 7.11 Å². The van der Waals surface area contributed by atoms with E-state index >= 15 is 0 Å². The third-order valence-corrected chi connectivity index (χ3v) is 4.45. The lowest BCUT2D eigenvalue weighted by atomic mass is 10.1. The van der Waals surface area contributed by atoms with Gasteiger partial charge in [0.25, 0.3) is 0 Å². The lowest BCUT2D eigenvalue weighted by Gasteiger charge is -2.19. The highest BCUT2D eigenvalue weighted by molar-refractivity contribution is 9.10. The van der Waals surface area contributed by atoms with Crippen LogP contribution in [0.25, 0.3) is 0 Å². The van der Waals surface area contributed by atoms with Crippen LogP contribution in [0.5, 0.6) is 5.75 Å². The molecule has 0 aliphatic rings. The Morgan fingerprint density at radius 2 is 2.05 bits per heavy atom. The Kier molecular flexibility index (Phi) is 5.89. The van der Waals surface area contributed by atoms with E-state index in [0.29, 0.717) is 6.42 Å². The molecule has 0 heterocycles. The monoisotopic (exact) mass is 345 g/mol. The number of halogens is 1. The smallest absolute Gasteiger partial charge is 0.144 e. The molecule has 5 heteroatoms. The van der Waals surface area contributed by atoms with Crippen molar-refractivity contribution in [1.82, 2.24) is 0 Å². The van der Waals surface area contributed by atoms with Crippen molar-refractivity contribution in [2.45, 2.75) is 38.9 Å². The zero-order valence-electron chi connectivity index (χ0n) is 12.0. The van der Waals surface area contributed by atoms with Crippen LogP contribution >= 0.6 is 15.9 Å². The van der Waals surface area contributed by atoms with Crippen LogP contribution in [0.1, 0.15) is 39.7 Å². The summed E-state index contributed by atoms with van der Waals surface area (Å²) in [4.78, 5) is 0. The highest BCUT2D eigenvalue weighted by atomic mass is 79.9. The van der Waals surface area contributed by atoms with E-state index in [4.69, 9.17) is 4.74 Å². The lowest BCUT2D eigenvalue weighted by Crippen LogP contribution is -2.27. The topological polar surface area (TPSA) is 44.7 Å². The molecule has 0 saturated heterocycles. The van der Waals surface area contributed by atoms with E-state index in [9.17, 15) is 4.55 Å². The maximum absolute atomic E-state index is 12.2. The Balaban J connectivity index is 3.23. The predicted octanol–water partition coefficient (Wildman–Crippen LogP) is 4.12. The van der Waals surface area contributed by atoms with Crippen molar-refractivity contribution in [2.24, 2.45) is 4.40 Å². The molecule has 0 spiro atoms. The summed E-state index contributed by atoms with van der Waals surface area (Å²) in [6, 6.07) is 5.74. The second kappa shape index (κ2) is 6.77. The first-order valence-electron chi connectivity index (χ1n) is 6.13. The summed E-state index contributed by atoms with van der Waals surface area (Å²) in [5, 5.41) is 0. The predicted molar refractivity (Wildman–Crippen MR) is 85.4 cm³/mol. The molecule has 1 atom stereocenters. The van der Waals surface area contributed by atoms with Gasteiger partial charge in [-0.15, -0.1) is 0 Å². The van der Waals surface area contributed by atoms with Crippen molar-refractivity contribution in [2.75, 3.05) is 7.11 Å². The van der Waals surface area contributed by atoms with Gasteiger partial charge in [0, 0.05) is 10.0 Å². The maximum Gasteiger partial charge on any atom is 0.144 e. The number of rotatable bonds is 4. The fraction of sp³-hybridized carbons (Fsp3) is 0.500. The first-order chi connectivity index (χ1) is 8.79. The molecule has 0 aromatic heterocycles. The van der Waals surface area contributed by atoms with Crippen molar-refractivity contribution >= 4 is 33.0 Å². The fourth-order valence-electron chi connectivity index (χ4n) is 1.45. The van der Waals surface area contributed by atoms with Crippen LogP contribution in [-0.2, 0) is 11.4 Å². The Morgan fingerprint density at radius 3 is 2.53 bits per heavy atom. The van der Waals surface area contributed by atoms with Crippen LogP contribution in [0.4, 0.5) is 0 Å². The molecule has 0 amide bonds. The molecule has 0 aliphatic carbocycles. The number of hydrogen-bond donors (Lipinski definition) is 0. The second-order valence-corrected chi connectivity index (χ2v) is 7.92. The molecule has 1 aromatic rings. The van der Waals surface area contributed by atoms with E-state index in [-0.39, 0.29) is 4.75 Å². The SMILES string of the molecule is CCC(=N[S+]([O-])C(C)(C)C)c1cc(Br)ccc1OC. The minimum Gasteiger partial charge on any atom is -0.591 e. The van der Waals surface area contributed by atoms with Gasteiger partial charge in [0.1, 0.15) is 27.6 Å². The number of methoxy groups -OCH3 is 1. The van der Waals surface area contributed by atoms with E-state index in [1.807, 2.05) is 45.9 Å². The van der Waals surface area contributed by atoms with Crippen molar-refractivity contribution in [3.63, 3.8) is 0 Å². The van der Waals surface area contributed by atoms with Crippen molar-refractivity contribution in [3.8, 4) is 5.75 Å². The largest absolute Gasteiger partial charge is 0.591 e. The van der Waals surface area contributed by atoms with Crippen LogP contribution in [0, 0.1) is 0 Å². The van der Waals surface area contributed by atoms with Gasteiger partial charge in [0.15, 0.2) is 0 Å².